The number of benzene rings is 1. The Morgan fingerprint density at radius 1 is 1.29 bits per heavy atom. The van der Waals surface area contributed by atoms with Gasteiger partial charge in [0.25, 0.3) is 5.56 Å². The summed E-state index contributed by atoms with van der Waals surface area (Å²) < 4.78 is 15.1. The zero-order chi connectivity index (χ0) is 12.4. The predicted molar refractivity (Wildman–Crippen MR) is 68.6 cm³/mol. The Morgan fingerprint density at radius 3 is 2.71 bits per heavy atom. The van der Waals surface area contributed by atoms with Crippen molar-refractivity contribution >= 4 is 15.9 Å². The van der Waals surface area contributed by atoms with Crippen molar-refractivity contribution in [3.05, 3.63) is 68.3 Å². The summed E-state index contributed by atoms with van der Waals surface area (Å²) in [6.07, 6.45) is 0. The van der Waals surface area contributed by atoms with Gasteiger partial charge < -0.3 is 4.57 Å². The fourth-order valence-corrected chi connectivity index (χ4v) is 2.07. The van der Waals surface area contributed by atoms with E-state index in [1.165, 1.54) is 12.1 Å². The Kier molecular flexibility index (Phi) is 3.43. The lowest BCUT2D eigenvalue weighted by Crippen LogP contribution is -2.21. The smallest absolute Gasteiger partial charge is 0.251 e. The molecule has 2 nitrogen and oxygen atoms in total. The van der Waals surface area contributed by atoms with Crippen LogP contribution < -0.4 is 5.56 Å². The first-order valence-electron chi connectivity index (χ1n) is 5.18. The van der Waals surface area contributed by atoms with Gasteiger partial charge in [0.15, 0.2) is 0 Å². The maximum Gasteiger partial charge on any atom is 0.251 e. The van der Waals surface area contributed by atoms with Crippen molar-refractivity contribution in [2.75, 3.05) is 0 Å². The van der Waals surface area contributed by atoms with Crippen molar-refractivity contribution in [2.24, 2.45) is 0 Å². The largest absolute Gasteiger partial charge is 0.309 e. The summed E-state index contributed by atoms with van der Waals surface area (Å²) in [6, 6.07) is 9.89. The highest BCUT2D eigenvalue weighted by molar-refractivity contribution is 9.10. The molecule has 0 saturated heterocycles. The van der Waals surface area contributed by atoms with Gasteiger partial charge in [-0.25, -0.2) is 4.39 Å². The molecule has 0 amide bonds. The van der Waals surface area contributed by atoms with E-state index in [4.69, 9.17) is 0 Å². The Hall–Kier alpha value is -1.42. The van der Waals surface area contributed by atoms with Crippen LogP contribution in [-0.4, -0.2) is 4.57 Å². The summed E-state index contributed by atoms with van der Waals surface area (Å²) in [7, 11) is 0. The van der Waals surface area contributed by atoms with Crippen LogP contribution in [0, 0.1) is 12.7 Å². The second-order valence-corrected chi connectivity index (χ2v) is 4.69. The zero-order valence-electron chi connectivity index (χ0n) is 9.28. The van der Waals surface area contributed by atoms with E-state index in [0.717, 1.165) is 11.3 Å². The lowest BCUT2D eigenvalue weighted by Gasteiger charge is -2.09. The lowest BCUT2D eigenvalue weighted by atomic mass is 10.2. The fraction of sp³-hybridized carbons (Fsp3) is 0.154. The number of halogens is 2. The van der Waals surface area contributed by atoms with Crippen LogP contribution in [0.3, 0.4) is 0 Å². The van der Waals surface area contributed by atoms with Gasteiger partial charge in [-0.1, -0.05) is 12.1 Å². The van der Waals surface area contributed by atoms with E-state index >= 15 is 0 Å². The van der Waals surface area contributed by atoms with Crippen molar-refractivity contribution in [1.29, 1.82) is 0 Å². The molecule has 0 spiro atoms. The molecular weight excluding hydrogens is 285 g/mol. The number of nitrogens with zero attached hydrogens (tertiary/aromatic N) is 1. The number of hydrogen-bond acceptors (Lipinski definition) is 1. The first-order chi connectivity index (χ1) is 8.08. The summed E-state index contributed by atoms with van der Waals surface area (Å²) in [5.41, 5.74) is 1.72. The molecule has 0 aliphatic rings. The molecule has 0 unspecified atom stereocenters. The van der Waals surface area contributed by atoms with Crippen molar-refractivity contribution in [3.63, 3.8) is 0 Å². The molecule has 1 aromatic carbocycles. The average Bonchev–Trinajstić information content (AvgIpc) is 2.28. The maximum absolute atomic E-state index is 13.1. The molecule has 1 aromatic heterocycles. The van der Waals surface area contributed by atoms with Crippen molar-refractivity contribution in [2.45, 2.75) is 13.5 Å². The molecule has 88 valence electrons. The highest BCUT2D eigenvalue weighted by Gasteiger charge is 2.04. The summed E-state index contributed by atoms with van der Waals surface area (Å²) in [5.74, 6) is -0.300. The van der Waals surface area contributed by atoms with Crippen LogP contribution in [0.2, 0.25) is 0 Å². The minimum Gasteiger partial charge on any atom is -0.309 e. The number of hydrogen-bond donors (Lipinski definition) is 0. The molecule has 0 aliphatic heterocycles. The molecule has 0 aliphatic carbocycles. The van der Waals surface area contributed by atoms with E-state index in [1.54, 1.807) is 22.8 Å². The van der Waals surface area contributed by atoms with E-state index in [-0.39, 0.29) is 11.4 Å². The molecule has 4 heteroatoms. The van der Waals surface area contributed by atoms with E-state index in [2.05, 4.69) is 15.9 Å². The lowest BCUT2D eigenvalue weighted by molar-refractivity contribution is 0.619. The van der Waals surface area contributed by atoms with E-state index in [9.17, 15) is 9.18 Å². The number of aryl methyl sites for hydroxylation is 1. The standard InChI is InChI=1S/C13H11BrFNO/c1-9-3-2-4-13(17)16(9)8-10-5-6-12(15)11(14)7-10/h2-7H,8H2,1H3. The monoisotopic (exact) mass is 295 g/mol. The number of rotatable bonds is 2. The highest BCUT2D eigenvalue weighted by atomic mass is 79.9. The van der Waals surface area contributed by atoms with Gasteiger partial charge in [0.05, 0.1) is 11.0 Å². The van der Waals surface area contributed by atoms with Crippen LogP contribution >= 0.6 is 15.9 Å². The minimum atomic E-state index is -0.300. The molecule has 0 atom stereocenters. The number of pyridine rings is 1. The van der Waals surface area contributed by atoms with Crippen LogP contribution in [0.5, 0.6) is 0 Å². The van der Waals surface area contributed by atoms with Gasteiger partial charge in [-0.2, -0.15) is 0 Å². The molecular formula is C13H11BrFNO. The molecule has 0 bridgehead atoms. The molecule has 0 N–H and O–H groups in total. The van der Waals surface area contributed by atoms with Gasteiger partial charge in [0.2, 0.25) is 0 Å². The Bertz CT molecular complexity index is 607. The van der Waals surface area contributed by atoms with Crippen LogP contribution in [0.4, 0.5) is 4.39 Å². The van der Waals surface area contributed by atoms with Gasteiger partial charge in [-0.15, -0.1) is 0 Å². The normalized spacial score (nSPS) is 10.5. The SMILES string of the molecule is Cc1cccc(=O)n1Cc1ccc(F)c(Br)c1. The zero-order valence-corrected chi connectivity index (χ0v) is 10.9. The third-order valence-corrected chi connectivity index (χ3v) is 3.20. The highest BCUT2D eigenvalue weighted by Crippen LogP contribution is 2.17. The van der Waals surface area contributed by atoms with Gasteiger partial charge in [-0.3, -0.25) is 4.79 Å². The summed E-state index contributed by atoms with van der Waals surface area (Å²) in [6.45, 7) is 2.32. The van der Waals surface area contributed by atoms with Crippen molar-refractivity contribution < 1.29 is 4.39 Å². The van der Waals surface area contributed by atoms with E-state index in [0.29, 0.717) is 11.0 Å². The second kappa shape index (κ2) is 4.84. The molecule has 0 radical (unpaired) electrons. The van der Waals surface area contributed by atoms with E-state index < -0.39 is 0 Å². The second-order valence-electron chi connectivity index (χ2n) is 3.84. The van der Waals surface area contributed by atoms with Crippen molar-refractivity contribution in [3.8, 4) is 0 Å². The van der Waals surface area contributed by atoms with Gasteiger partial charge in [0.1, 0.15) is 5.82 Å². The Morgan fingerprint density at radius 2 is 2.06 bits per heavy atom. The van der Waals surface area contributed by atoms with Crippen LogP contribution in [0.15, 0.2) is 45.7 Å². The molecule has 0 saturated carbocycles. The van der Waals surface area contributed by atoms with E-state index in [1.807, 2.05) is 13.0 Å². The molecule has 1 heterocycles. The summed E-state index contributed by atoms with van der Waals surface area (Å²) >= 11 is 3.13. The van der Waals surface area contributed by atoms with Crippen molar-refractivity contribution in [1.82, 2.24) is 4.57 Å². The third kappa shape index (κ3) is 2.64. The van der Waals surface area contributed by atoms with Crippen LogP contribution in [0.25, 0.3) is 0 Å². The first-order valence-corrected chi connectivity index (χ1v) is 5.97. The molecule has 17 heavy (non-hydrogen) atoms. The Labute approximate surface area is 107 Å². The maximum atomic E-state index is 13.1. The summed E-state index contributed by atoms with van der Waals surface area (Å²) in [4.78, 5) is 11.7. The van der Waals surface area contributed by atoms with Gasteiger partial charge >= 0.3 is 0 Å². The van der Waals surface area contributed by atoms with Crippen LogP contribution in [0.1, 0.15) is 11.3 Å². The predicted octanol–water partition coefficient (Wildman–Crippen LogP) is 3.11. The Balaban J connectivity index is 2.38. The summed E-state index contributed by atoms with van der Waals surface area (Å²) in [5, 5.41) is 0. The minimum absolute atomic E-state index is 0.0505. The fourth-order valence-electron chi connectivity index (χ4n) is 1.65. The molecule has 2 aromatic rings. The number of aromatic nitrogens is 1. The van der Waals surface area contributed by atoms with Crippen LogP contribution in [-0.2, 0) is 6.54 Å². The first kappa shape index (κ1) is 12.0. The van der Waals surface area contributed by atoms with Gasteiger partial charge in [0, 0.05) is 11.8 Å². The molecule has 0 fully saturated rings. The quantitative estimate of drug-likeness (QED) is 0.834. The topological polar surface area (TPSA) is 22.0 Å². The average molecular weight is 296 g/mol. The molecule has 2 rings (SSSR count). The van der Waals surface area contributed by atoms with Gasteiger partial charge in [-0.05, 0) is 46.6 Å². The third-order valence-electron chi connectivity index (χ3n) is 2.59.